The molecule has 0 atom stereocenters. The maximum absolute atomic E-state index is 5.28. The zero-order chi connectivity index (χ0) is 14.7. The van der Waals surface area contributed by atoms with Crippen molar-refractivity contribution in [1.82, 2.24) is 20.5 Å². The number of rotatable bonds is 4. The summed E-state index contributed by atoms with van der Waals surface area (Å²) >= 11 is 0. The zero-order valence-corrected chi connectivity index (χ0v) is 12.2. The Morgan fingerprint density at radius 1 is 1.05 bits per heavy atom. The Hall–Kier alpha value is -2.28. The van der Waals surface area contributed by atoms with Gasteiger partial charge in [0.05, 0.1) is 14.2 Å². The van der Waals surface area contributed by atoms with Crippen LogP contribution >= 0.6 is 0 Å². The lowest BCUT2D eigenvalue weighted by Gasteiger charge is -2.25. The predicted molar refractivity (Wildman–Crippen MR) is 80.0 cm³/mol. The minimum absolute atomic E-state index is 0.709. The van der Waals surface area contributed by atoms with Gasteiger partial charge in [-0.25, -0.2) is 0 Å². The van der Waals surface area contributed by atoms with Gasteiger partial charge < -0.3 is 19.7 Å². The summed E-state index contributed by atoms with van der Waals surface area (Å²) in [6.45, 7) is 3.74. The third-order valence-corrected chi connectivity index (χ3v) is 3.50. The van der Waals surface area contributed by atoms with Crippen LogP contribution in [0.3, 0.4) is 0 Å². The standard InChI is InChI=1S/C14H19N5O2/c1-20-11-7-10(8-12(9-11)21-2)13-16-14(18-17-13)19-5-3-15-4-6-19/h7-9,15H,3-6H2,1-2H3,(H,16,17,18). The molecular formula is C14H19N5O2. The maximum Gasteiger partial charge on any atom is 0.245 e. The highest BCUT2D eigenvalue weighted by molar-refractivity contribution is 5.61. The van der Waals surface area contributed by atoms with E-state index in [9.17, 15) is 0 Å². The first-order valence-electron chi connectivity index (χ1n) is 6.91. The number of aromatic amines is 1. The molecule has 7 heteroatoms. The number of nitrogens with one attached hydrogen (secondary N) is 2. The molecule has 3 rings (SSSR count). The Morgan fingerprint density at radius 2 is 1.71 bits per heavy atom. The Morgan fingerprint density at radius 3 is 2.33 bits per heavy atom. The molecule has 1 aliphatic rings. The third-order valence-electron chi connectivity index (χ3n) is 3.50. The van der Waals surface area contributed by atoms with Crippen molar-refractivity contribution in [2.45, 2.75) is 0 Å². The average Bonchev–Trinajstić information content (AvgIpc) is 3.05. The number of methoxy groups -OCH3 is 2. The van der Waals surface area contributed by atoms with Crippen LogP contribution < -0.4 is 19.7 Å². The van der Waals surface area contributed by atoms with Gasteiger partial charge in [0.25, 0.3) is 0 Å². The van der Waals surface area contributed by atoms with E-state index in [0.717, 1.165) is 49.2 Å². The molecule has 0 saturated carbocycles. The lowest BCUT2D eigenvalue weighted by Crippen LogP contribution is -2.44. The van der Waals surface area contributed by atoms with Crippen LogP contribution in [0.1, 0.15) is 0 Å². The summed E-state index contributed by atoms with van der Waals surface area (Å²) in [7, 11) is 3.26. The van der Waals surface area contributed by atoms with Gasteiger partial charge in [-0.05, 0) is 12.1 Å². The monoisotopic (exact) mass is 289 g/mol. The number of H-pyrrole nitrogens is 1. The van der Waals surface area contributed by atoms with E-state index in [-0.39, 0.29) is 0 Å². The second kappa shape index (κ2) is 6.01. The van der Waals surface area contributed by atoms with E-state index < -0.39 is 0 Å². The Balaban J connectivity index is 1.88. The Bertz CT molecular complexity index is 585. The van der Waals surface area contributed by atoms with Gasteiger partial charge in [0.15, 0.2) is 5.82 Å². The lowest BCUT2D eigenvalue weighted by atomic mass is 10.2. The van der Waals surface area contributed by atoms with E-state index in [1.54, 1.807) is 14.2 Å². The predicted octanol–water partition coefficient (Wildman–Crippen LogP) is 0.898. The van der Waals surface area contributed by atoms with Gasteiger partial charge in [-0.15, -0.1) is 5.10 Å². The summed E-state index contributed by atoms with van der Waals surface area (Å²) in [4.78, 5) is 6.74. The highest BCUT2D eigenvalue weighted by atomic mass is 16.5. The largest absolute Gasteiger partial charge is 0.497 e. The van der Waals surface area contributed by atoms with Crippen LogP contribution in [0, 0.1) is 0 Å². The number of benzene rings is 1. The molecule has 1 saturated heterocycles. The van der Waals surface area contributed by atoms with E-state index in [0.29, 0.717) is 5.82 Å². The molecule has 0 aliphatic carbocycles. The quantitative estimate of drug-likeness (QED) is 0.871. The first kappa shape index (κ1) is 13.7. The van der Waals surface area contributed by atoms with Crippen molar-refractivity contribution in [3.63, 3.8) is 0 Å². The molecule has 2 N–H and O–H groups in total. The molecule has 1 aliphatic heterocycles. The van der Waals surface area contributed by atoms with E-state index in [4.69, 9.17) is 9.47 Å². The van der Waals surface area contributed by atoms with Gasteiger partial charge >= 0.3 is 0 Å². The van der Waals surface area contributed by atoms with Gasteiger partial charge in [-0.1, -0.05) is 0 Å². The summed E-state index contributed by atoms with van der Waals surface area (Å²) in [6.07, 6.45) is 0. The van der Waals surface area contributed by atoms with Gasteiger partial charge in [0.1, 0.15) is 11.5 Å². The number of piperazine rings is 1. The second-order valence-corrected chi connectivity index (χ2v) is 4.82. The van der Waals surface area contributed by atoms with Gasteiger partial charge in [-0.3, -0.25) is 5.10 Å². The van der Waals surface area contributed by atoms with Crippen LogP contribution in [0.4, 0.5) is 5.95 Å². The molecule has 0 unspecified atom stereocenters. The van der Waals surface area contributed by atoms with Crippen molar-refractivity contribution in [2.24, 2.45) is 0 Å². The lowest BCUT2D eigenvalue weighted by molar-refractivity contribution is 0.394. The zero-order valence-electron chi connectivity index (χ0n) is 12.2. The van der Waals surface area contributed by atoms with Crippen molar-refractivity contribution < 1.29 is 9.47 Å². The molecule has 1 fully saturated rings. The Labute approximate surface area is 123 Å². The molecule has 2 heterocycles. The van der Waals surface area contributed by atoms with Crippen LogP contribution in [0.2, 0.25) is 0 Å². The van der Waals surface area contributed by atoms with E-state index in [1.807, 2.05) is 18.2 Å². The molecule has 0 spiro atoms. The summed E-state index contributed by atoms with van der Waals surface area (Å²) in [6, 6.07) is 5.65. The van der Waals surface area contributed by atoms with E-state index >= 15 is 0 Å². The number of ether oxygens (including phenoxy) is 2. The SMILES string of the molecule is COc1cc(OC)cc(-c2nc(N3CCNCC3)n[nH]2)c1. The number of aromatic nitrogens is 3. The smallest absolute Gasteiger partial charge is 0.245 e. The summed E-state index contributed by atoms with van der Waals surface area (Å²) in [5.74, 6) is 2.89. The third kappa shape index (κ3) is 2.92. The molecule has 1 aromatic carbocycles. The molecule has 0 radical (unpaired) electrons. The number of hydrogen-bond donors (Lipinski definition) is 2. The minimum Gasteiger partial charge on any atom is -0.497 e. The molecular weight excluding hydrogens is 270 g/mol. The van der Waals surface area contributed by atoms with Crippen molar-refractivity contribution in [2.75, 3.05) is 45.3 Å². The van der Waals surface area contributed by atoms with Crippen molar-refractivity contribution in [3.05, 3.63) is 18.2 Å². The molecule has 0 bridgehead atoms. The first-order chi connectivity index (χ1) is 10.3. The van der Waals surface area contributed by atoms with Crippen molar-refractivity contribution >= 4 is 5.95 Å². The van der Waals surface area contributed by atoms with Gasteiger partial charge in [0, 0.05) is 37.8 Å². The van der Waals surface area contributed by atoms with Crippen LogP contribution in [0.5, 0.6) is 11.5 Å². The number of nitrogens with zero attached hydrogens (tertiary/aromatic N) is 3. The summed E-state index contributed by atoms with van der Waals surface area (Å²) in [5.41, 5.74) is 0.889. The fourth-order valence-corrected chi connectivity index (χ4v) is 2.33. The maximum atomic E-state index is 5.28. The highest BCUT2D eigenvalue weighted by Gasteiger charge is 2.16. The molecule has 1 aromatic heterocycles. The van der Waals surface area contributed by atoms with Crippen molar-refractivity contribution in [1.29, 1.82) is 0 Å². The topological polar surface area (TPSA) is 75.3 Å². The Kier molecular flexibility index (Phi) is 3.92. The van der Waals surface area contributed by atoms with Crippen LogP contribution in [-0.4, -0.2) is 55.6 Å². The minimum atomic E-state index is 0.709. The van der Waals surface area contributed by atoms with Crippen LogP contribution in [-0.2, 0) is 0 Å². The van der Waals surface area contributed by atoms with E-state index in [2.05, 4.69) is 25.4 Å². The van der Waals surface area contributed by atoms with Crippen LogP contribution in [0.25, 0.3) is 11.4 Å². The second-order valence-electron chi connectivity index (χ2n) is 4.82. The number of anilines is 1. The van der Waals surface area contributed by atoms with Crippen molar-refractivity contribution in [3.8, 4) is 22.9 Å². The molecule has 7 nitrogen and oxygen atoms in total. The van der Waals surface area contributed by atoms with Gasteiger partial charge in [-0.2, -0.15) is 4.98 Å². The molecule has 21 heavy (non-hydrogen) atoms. The molecule has 0 amide bonds. The van der Waals surface area contributed by atoms with Gasteiger partial charge in [0.2, 0.25) is 5.95 Å². The molecule has 112 valence electrons. The average molecular weight is 289 g/mol. The summed E-state index contributed by atoms with van der Waals surface area (Å²) in [5, 5.41) is 10.6. The highest BCUT2D eigenvalue weighted by Crippen LogP contribution is 2.28. The normalized spacial score (nSPS) is 15.0. The number of hydrogen-bond acceptors (Lipinski definition) is 6. The fraction of sp³-hybridized carbons (Fsp3) is 0.429. The summed E-state index contributed by atoms with van der Waals surface area (Å²) < 4.78 is 10.6. The fourth-order valence-electron chi connectivity index (χ4n) is 2.33. The first-order valence-corrected chi connectivity index (χ1v) is 6.91. The molecule has 2 aromatic rings. The van der Waals surface area contributed by atoms with Crippen LogP contribution in [0.15, 0.2) is 18.2 Å². The van der Waals surface area contributed by atoms with E-state index in [1.165, 1.54) is 0 Å².